The Morgan fingerprint density at radius 2 is 0.820 bits per heavy atom. The van der Waals surface area contributed by atoms with E-state index in [0.29, 0.717) is 13.3 Å². The van der Waals surface area contributed by atoms with Gasteiger partial charge in [0.05, 0.1) is 7.18 Å². The second kappa shape index (κ2) is 19.9. The van der Waals surface area contributed by atoms with Crippen LogP contribution in [-0.4, -0.2) is 118 Å². The molecule has 0 bridgehead atoms. The predicted molar refractivity (Wildman–Crippen MR) is 144 cm³/mol. The summed E-state index contributed by atoms with van der Waals surface area (Å²) in [5, 5.41) is 8.08. The van der Waals surface area contributed by atoms with Gasteiger partial charge in [-0.05, 0) is 6.42 Å². The molecule has 0 aliphatic heterocycles. The summed E-state index contributed by atoms with van der Waals surface area (Å²) in [6.07, 6.45) is -60.3. The standard InChI is InChI=1S/C18H19F19O4.C8H8F6O4.CH3F/c1-5-11(8(2,20)21,15(30,31)41-18(36,37)17(34,35)39-13(26,27)7-38)14(28,29)40-16(32,33)12(6-19,9(3,22)23)10(4,24)25;1-3-5(15)17-4-6(9,10)18-8(13,14)7(11,12)16-2;1-2/h38H,5-7H2,1-4H3;3H,1,4H2,2H3;1H3. The Balaban J connectivity index is -0.00000140. The molecule has 0 aromatic carbocycles. The molecule has 0 aliphatic carbocycles. The van der Waals surface area contributed by atoms with Crippen molar-refractivity contribution in [1.82, 2.24) is 0 Å². The Kier molecular flexibility index (Phi) is 20.4. The molecule has 0 saturated heterocycles. The molecule has 61 heavy (non-hydrogen) atoms. The minimum atomic E-state index is -7.40. The minimum absolute atomic E-state index is 0.174. The highest BCUT2D eigenvalue weighted by Crippen LogP contribution is 2.66. The second-order valence-corrected chi connectivity index (χ2v) is 11.4. The van der Waals surface area contributed by atoms with Crippen molar-refractivity contribution >= 4 is 5.97 Å². The number of aliphatic hydroxyl groups excluding tert-OH is 1. The normalized spacial score (nSPS) is 15.8. The number of hydrogen-bond acceptors (Lipinski definition) is 8. The van der Waals surface area contributed by atoms with Crippen LogP contribution in [0.4, 0.5) is 114 Å². The summed E-state index contributed by atoms with van der Waals surface area (Å²) < 4.78 is 366. The highest BCUT2D eigenvalue weighted by Gasteiger charge is 2.86. The Bertz CT molecular complexity index is 1380. The van der Waals surface area contributed by atoms with Gasteiger partial charge < -0.3 is 14.6 Å². The van der Waals surface area contributed by atoms with Crippen molar-refractivity contribution in [2.24, 2.45) is 10.8 Å². The van der Waals surface area contributed by atoms with E-state index in [1.165, 1.54) is 0 Å². The van der Waals surface area contributed by atoms with Gasteiger partial charge in [-0.25, -0.2) is 49.7 Å². The van der Waals surface area contributed by atoms with Crippen LogP contribution in [0.1, 0.15) is 34.1 Å². The van der Waals surface area contributed by atoms with Crippen LogP contribution in [0, 0.1) is 10.8 Å². The smallest absolute Gasteiger partial charge is 0.453 e. The number of methoxy groups -OCH3 is 1. The minimum Gasteiger partial charge on any atom is -0.453 e. The van der Waals surface area contributed by atoms with Crippen molar-refractivity contribution in [2.45, 2.75) is 107 Å². The largest absolute Gasteiger partial charge is 0.453 e. The number of rotatable bonds is 23. The quantitative estimate of drug-likeness (QED) is 0.0615. The first-order chi connectivity index (χ1) is 26.5. The zero-order chi connectivity index (χ0) is 50.4. The van der Waals surface area contributed by atoms with Crippen molar-refractivity contribution in [3.05, 3.63) is 12.7 Å². The molecule has 34 heteroatoms. The average molecular weight is 976 g/mol. The van der Waals surface area contributed by atoms with Gasteiger partial charge in [0.2, 0.25) is 10.8 Å². The molecule has 0 fully saturated rings. The topological polar surface area (TPSA) is 92.7 Å². The highest BCUT2D eigenvalue weighted by atomic mass is 19.4. The number of halogens is 26. The van der Waals surface area contributed by atoms with E-state index in [2.05, 4.69) is 30.3 Å². The summed E-state index contributed by atoms with van der Waals surface area (Å²) in [5.41, 5.74) is -12.6. The molecule has 8 nitrogen and oxygen atoms in total. The fourth-order valence-corrected chi connectivity index (χ4v) is 4.14. The Hall–Kier alpha value is -2.85. The summed E-state index contributed by atoms with van der Waals surface area (Å²) in [7, 11) is 0.674. The molecule has 0 spiro atoms. The molecule has 0 aliphatic rings. The first kappa shape index (κ1) is 62.4. The van der Waals surface area contributed by atoms with Crippen LogP contribution in [0.5, 0.6) is 0 Å². The number of carbonyl (C=O) groups is 1. The van der Waals surface area contributed by atoms with Crippen LogP contribution in [0.3, 0.4) is 0 Å². The molecular formula is C27H30F26O8. The molecule has 0 rings (SSSR count). The van der Waals surface area contributed by atoms with Crippen LogP contribution in [0.25, 0.3) is 0 Å². The molecule has 1 N–H and O–H groups in total. The Morgan fingerprint density at radius 3 is 1.10 bits per heavy atom. The van der Waals surface area contributed by atoms with E-state index < -0.39 is 137 Å². The highest BCUT2D eigenvalue weighted by molar-refractivity contribution is 5.81. The van der Waals surface area contributed by atoms with Crippen LogP contribution >= 0.6 is 0 Å². The van der Waals surface area contributed by atoms with Crippen molar-refractivity contribution in [3.8, 4) is 0 Å². The molecule has 0 saturated carbocycles. The molecule has 0 heterocycles. The summed E-state index contributed by atoms with van der Waals surface area (Å²) in [6.45, 7) is -9.07. The zero-order valence-corrected chi connectivity index (χ0v) is 30.7. The Morgan fingerprint density at radius 1 is 0.525 bits per heavy atom. The summed E-state index contributed by atoms with van der Waals surface area (Å²) >= 11 is 0. The molecule has 0 aromatic rings. The number of hydrogen-bond donors (Lipinski definition) is 1. The number of ether oxygens (including phenoxy) is 6. The SMILES string of the molecule is C=CC(=O)OCC(F)(F)OC(F)(F)C(F)(F)OC.CCC(C(C)(F)F)(C(F)(F)OC(F)(F)C(F)(F)OC(F)(F)CO)C(F)(F)OC(F)(F)C(CF)(C(C)(F)F)C(C)(F)F.CF. The van der Waals surface area contributed by atoms with Gasteiger partial charge in [-0.15, -0.1) is 0 Å². The third-order valence-corrected chi connectivity index (χ3v) is 7.20. The number of alkyl halides is 26. The summed E-state index contributed by atoms with van der Waals surface area (Å²) in [4.78, 5) is 10.4. The van der Waals surface area contributed by atoms with Gasteiger partial charge in [0.15, 0.2) is 6.61 Å². The number of aliphatic hydroxyl groups is 1. The maximum absolute atomic E-state index is 14.9. The van der Waals surface area contributed by atoms with E-state index in [1.54, 1.807) is 0 Å². The molecule has 368 valence electrons. The van der Waals surface area contributed by atoms with Gasteiger partial charge in [-0.1, -0.05) is 13.5 Å². The van der Waals surface area contributed by atoms with Gasteiger partial charge in [0.25, 0.3) is 17.8 Å². The zero-order valence-electron chi connectivity index (χ0n) is 30.7. The van der Waals surface area contributed by atoms with E-state index in [9.17, 15) is 119 Å². The van der Waals surface area contributed by atoms with Gasteiger partial charge in [0, 0.05) is 34.0 Å². The van der Waals surface area contributed by atoms with Crippen LogP contribution < -0.4 is 0 Å². The lowest BCUT2D eigenvalue weighted by molar-refractivity contribution is -0.561. The first-order valence-corrected chi connectivity index (χ1v) is 14.8. The van der Waals surface area contributed by atoms with E-state index >= 15 is 0 Å². The van der Waals surface area contributed by atoms with E-state index in [0.717, 1.165) is 0 Å². The number of carbonyl (C=O) groups excluding carboxylic acids is 1. The van der Waals surface area contributed by atoms with Gasteiger partial charge in [-0.2, -0.15) is 79.0 Å². The maximum atomic E-state index is 14.9. The summed E-state index contributed by atoms with van der Waals surface area (Å²) in [6, 6.07) is 0. The van der Waals surface area contributed by atoms with Gasteiger partial charge >= 0.3 is 60.9 Å². The fraction of sp³-hybridized carbons (Fsp3) is 0.889. The molecule has 0 aromatic heterocycles. The van der Waals surface area contributed by atoms with E-state index in [4.69, 9.17) is 5.11 Å². The van der Waals surface area contributed by atoms with E-state index in [-0.39, 0.29) is 14.0 Å². The monoisotopic (exact) mass is 976 g/mol. The van der Waals surface area contributed by atoms with E-state index in [1.807, 2.05) is 4.74 Å². The molecule has 0 radical (unpaired) electrons. The average Bonchev–Trinajstić information content (AvgIpc) is 3.01. The van der Waals surface area contributed by atoms with Crippen LogP contribution in [-0.2, 0) is 33.2 Å². The Labute approximate surface area is 323 Å². The van der Waals surface area contributed by atoms with Gasteiger partial charge in [0.1, 0.15) is 13.3 Å². The number of esters is 1. The van der Waals surface area contributed by atoms with Crippen LogP contribution in [0.15, 0.2) is 12.7 Å². The predicted octanol–water partition coefficient (Wildman–Crippen LogP) is 10.6. The fourth-order valence-electron chi connectivity index (χ4n) is 4.14. The van der Waals surface area contributed by atoms with Crippen molar-refractivity contribution < 1.29 is 152 Å². The third kappa shape index (κ3) is 13.6. The lowest BCUT2D eigenvalue weighted by Gasteiger charge is -2.50. The van der Waals surface area contributed by atoms with Crippen LogP contribution in [0.2, 0.25) is 0 Å². The second-order valence-electron chi connectivity index (χ2n) is 11.4. The van der Waals surface area contributed by atoms with Crippen molar-refractivity contribution in [2.75, 3.05) is 34.2 Å². The lowest BCUT2D eigenvalue weighted by Crippen LogP contribution is -2.71. The lowest BCUT2D eigenvalue weighted by atomic mass is 9.74. The first-order valence-electron chi connectivity index (χ1n) is 14.8. The summed E-state index contributed by atoms with van der Waals surface area (Å²) in [5.74, 6) is -19.3. The molecule has 1 atom stereocenters. The molecular weight excluding hydrogens is 946 g/mol. The molecule has 0 amide bonds. The van der Waals surface area contributed by atoms with Crippen molar-refractivity contribution in [3.63, 3.8) is 0 Å². The third-order valence-electron chi connectivity index (χ3n) is 7.20. The van der Waals surface area contributed by atoms with Gasteiger partial charge in [-0.3, -0.25) is 9.13 Å². The maximum Gasteiger partial charge on any atom is 0.453 e. The van der Waals surface area contributed by atoms with Crippen molar-refractivity contribution in [1.29, 1.82) is 0 Å². The molecule has 1 unspecified atom stereocenters.